The number of unbranched alkanes of at least 4 members (excludes halogenated alkanes) is 2. The summed E-state index contributed by atoms with van der Waals surface area (Å²) in [6, 6.07) is 19.6. The molecule has 0 aliphatic carbocycles. The van der Waals surface area contributed by atoms with Gasteiger partial charge in [-0.1, -0.05) is 30.3 Å². The molecule has 1 N–H and O–H groups in total. The molecule has 2 aromatic carbocycles. The zero-order valence-corrected chi connectivity index (χ0v) is 17.8. The molecule has 0 bridgehead atoms. The lowest BCUT2D eigenvalue weighted by Crippen LogP contribution is -2.01. The summed E-state index contributed by atoms with van der Waals surface area (Å²) in [5.74, 6) is 1.16. The molecule has 1 aromatic heterocycles. The summed E-state index contributed by atoms with van der Waals surface area (Å²) in [4.78, 5) is 15.3. The molecule has 162 valence electrons. The van der Waals surface area contributed by atoms with Crippen molar-refractivity contribution in [2.24, 2.45) is 0 Å². The third-order valence-electron chi connectivity index (χ3n) is 4.84. The number of hydrogen-bond donors (Lipinski definition) is 1. The van der Waals surface area contributed by atoms with Gasteiger partial charge >= 0.3 is 5.97 Å². The average Bonchev–Trinajstić information content (AvgIpc) is 2.81. The maximum Gasteiger partial charge on any atom is 0.303 e. The number of carboxylic acid groups (broad SMARTS) is 1. The number of nitrogens with zero attached hydrogens (tertiary/aromatic N) is 1. The fourth-order valence-electron chi connectivity index (χ4n) is 3.21. The largest absolute Gasteiger partial charge is 0.497 e. The second kappa shape index (κ2) is 11.0. The first kappa shape index (κ1) is 22.2. The minimum Gasteiger partial charge on any atom is -0.497 e. The monoisotopic (exact) mass is 421 g/mol. The molecule has 0 saturated carbocycles. The summed E-state index contributed by atoms with van der Waals surface area (Å²) in [7, 11) is 3.25. The van der Waals surface area contributed by atoms with Crippen molar-refractivity contribution in [3.05, 3.63) is 60.7 Å². The highest BCUT2D eigenvalue weighted by Gasteiger charge is 2.11. The molecule has 0 amide bonds. The Morgan fingerprint density at radius 2 is 1.52 bits per heavy atom. The van der Waals surface area contributed by atoms with Gasteiger partial charge in [0.15, 0.2) is 0 Å². The van der Waals surface area contributed by atoms with E-state index in [-0.39, 0.29) is 6.42 Å². The van der Waals surface area contributed by atoms with Crippen LogP contribution < -0.4 is 14.2 Å². The highest BCUT2D eigenvalue weighted by atomic mass is 16.5. The van der Waals surface area contributed by atoms with E-state index in [1.807, 2.05) is 60.7 Å². The maximum absolute atomic E-state index is 10.6. The van der Waals surface area contributed by atoms with Crippen molar-refractivity contribution in [3.8, 4) is 39.8 Å². The molecule has 3 rings (SSSR count). The van der Waals surface area contributed by atoms with E-state index in [0.717, 1.165) is 35.2 Å². The summed E-state index contributed by atoms with van der Waals surface area (Å²) >= 11 is 0. The number of methoxy groups -OCH3 is 2. The topological polar surface area (TPSA) is 77.9 Å². The quantitative estimate of drug-likeness (QED) is 0.415. The Balaban J connectivity index is 1.87. The number of carboxylic acids is 1. The molecule has 1 heterocycles. The van der Waals surface area contributed by atoms with Gasteiger partial charge in [0.25, 0.3) is 0 Å². The smallest absolute Gasteiger partial charge is 0.303 e. The van der Waals surface area contributed by atoms with Gasteiger partial charge in [0, 0.05) is 24.1 Å². The molecule has 3 aromatic rings. The average molecular weight is 421 g/mol. The second-order valence-electron chi connectivity index (χ2n) is 7.10. The zero-order valence-electron chi connectivity index (χ0n) is 17.8. The van der Waals surface area contributed by atoms with Crippen LogP contribution in [0, 0.1) is 0 Å². The molecule has 0 fully saturated rings. The Morgan fingerprint density at radius 3 is 2.16 bits per heavy atom. The standard InChI is InChI=1S/C25H27NO5/c1-29-21-13-19(14-22(17-21)30-2)20-15-23(18-9-5-3-6-10-18)26-24(16-20)31-12-8-4-7-11-25(27)28/h3,5-6,9-10,13-17H,4,7-8,11-12H2,1-2H3,(H,27,28). The fraction of sp³-hybridized carbons (Fsp3) is 0.280. The number of rotatable bonds is 11. The van der Waals surface area contributed by atoms with Gasteiger partial charge in [0.1, 0.15) is 11.5 Å². The molecule has 0 radical (unpaired) electrons. The van der Waals surface area contributed by atoms with Gasteiger partial charge in [-0.3, -0.25) is 4.79 Å². The molecule has 31 heavy (non-hydrogen) atoms. The third-order valence-corrected chi connectivity index (χ3v) is 4.84. The van der Waals surface area contributed by atoms with Gasteiger partial charge in [-0.15, -0.1) is 0 Å². The summed E-state index contributed by atoms with van der Waals surface area (Å²) < 4.78 is 16.8. The van der Waals surface area contributed by atoms with Crippen LogP contribution in [0.15, 0.2) is 60.7 Å². The zero-order chi connectivity index (χ0) is 22.1. The van der Waals surface area contributed by atoms with Crippen molar-refractivity contribution < 1.29 is 24.1 Å². The summed E-state index contributed by atoms with van der Waals surface area (Å²) in [5.41, 5.74) is 3.67. The van der Waals surface area contributed by atoms with Crippen molar-refractivity contribution in [2.75, 3.05) is 20.8 Å². The molecular formula is C25H27NO5. The number of aromatic nitrogens is 1. The van der Waals surface area contributed by atoms with E-state index in [2.05, 4.69) is 4.98 Å². The highest BCUT2D eigenvalue weighted by Crippen LogP contribution is 2.33. The van der Waals surface area contributed by atoms with Crippen LogP contribution >= 0.6 is 0 Å². The number of pyridine rings is 1. The summed E-state index contributed by atoms with van der Waals surface area (Å²) in [6.45, 7) is 0.478. The minimum atomic E-state index is -0.767. The first-order valence-corrected chi connectivity index (χ1v) is 10.2. The lowest BCUT2D eigenvalue weighted by Gasteiger charge is -2.13. The molecule has 0 atom stereocenters. The highest BCUT2D eigenvalue weighted by molar-refractivity contribution is 5.73. The van der Waals surface area contributed by atoms with Gasteiger partial charge in [0.05, 0.1) is 26.5 Å². The molecule has 0 spiro atoms. The van der Waals surface area contributed by atoms with Crippen LogP contribution in [-0.2, 0) is 4.79 Å². The van der Waals surface area contributed by atoms with Gasteiger partial charge in [0.2, 0.25) is 5.88 Å². The van der Waals surface area contributed by atoms with Crippen molar-refractivity contribution in [1.29, 1.82) is 0 Å². The van der Waals surface area contributed by atoms with Crippen LogP contribution in [0.4, 0.5) is 0 Å². The number of aliphatic carboxylic acids is 1. The number of carbonyl (C=O) groups is 1. The maximum atomic E-state index is 10.6. The van der Waals surface area contributed by atoms with E-state index < -0.39 is 5.97 Å². The van der Waals surface area contributed by atoms with E-state index in [0.29, 0.717) is 30.4 Å². The second-order valence-corrected chi connectivity index (χ2v) is 7.10. The summed E-state index contributed by atoms with van der Waals surface area (Å²) in [6.07, 6.45) is 2.39. The number of benzene rings is 2. The van der Waals surface area contributed by atoms with Crippen LogP contribution in [0.5, 0.6) is 17.4 Å². The van der Waals surface area contributed by atoms with E-state index in [9.17, 15) is 4.79 Å². The lowest BCUT2D eigenvalue weighted by molar-refractivity contribution is -0.137. The van der Waals surface area contributed by atoms with Crippen molar-refractivity contribution in [1.82, 2.24) is 4.98 Å². The van der Waals surface area contributed by atoms with E-state index in [4.69, 9.17) is 19.3 Å². The molecule has 6 heteroatoms. The van der Waals surface area contributed by atoms with Gasteiger partial charge in [-0.25, -0.2) is 4.98 Å². The first-order valence-electron chi connectivity index (χ1n) is 10.2. The Hall–Kier alpha value is -3.54. The van der Waals surface area contributed by atoms with Crippen LogP contribution in [0.3, 0.4) is 0 Å². The SMILES string of the molecule is COc1cc(OC)cc(-c2cc(OCCCCCC(=O)O)nc(-c3ccccc3)c2)c1. The third kappa shape index (κ3) is 6.47. The Bertz CT molecular complexity index is 982. The molecule has 0 aliphatic heterocycles. The molecule has 0 aliphatic rings. The van der Waals surface area contributed by atoms with Crippen LogP contribution in [0.2, 0.25) is 0 Å². The Morgan fingerprint density at radius 1 is 0.839 bits per heavy atom. The first-order chi connectivity index (χ1) is 15.1. The van der Waals surface area contributed by atoms with Crippen LogP contribution in [0.1, 0.15) is 25.7 Å². The van der Waals surface area contributed by atoms with E-state index in [1.54, 1.807) is 14.2 Å². The van der Waals surface area contributed by atoms with Crippen molar-refractivity contribution in [2.45, 2.75) is 25.7 Å². The summed E-state index contributed by atoms with van der Waals surface area (Å²) in [5, 5.41) is 8.74. The number of hydrogen-bond acceptors (Lipinski definition) is 5. The van der Waals surface area contributed by atoms with Crippen molar-refractivity contribution in [3.63, 3.8) is 0 Å². The van der Waals surface area contributed by atoms with E-state index in [1.165, 1.54) is 0 Å². The molecule has 6 nitrogen and oxygen atoms in total. The lowest BCUT2D eigenvalue weighted by atomic mass is 10.0. The number of ether oxygens (including phenoxy) is 3. The molecular weight excluding hydrogens is 394 g/mol. The van der Waals surface area contributed by atoms with Gasteiger partial charge in [-0.05, 0) is 48.6 Å². The van der Waals surface area contributed by atoms with Crippen LogP contribution in [0.25, 0.3) is 22.4 Å². The van der Waals surface area contributed by atoms with E-state index >= 15 is 0 Å². The molecule has 0 saturated heterocycles. The Kier molecular flexibility index (Phi) is 7.87. The van der Waals surface area contributed by atoms with Gasteiger partial charge in [-0.2, -0.15) is 0 Å². The van der Waals surface area contributed by atoms with Crippen molar-refractivity contribution >= 4 is 5.97 Å². The fourth-order valence-corrected chi connectivity index (χ4v) is 3.21. The predicted molar refractivity (Wildman–Crippen MR) is 120 cm³/mol. The molecule has 0 unspecified atom stereocenters. The van der Waals surface area contributed by atoms with Gasteiger partial charge < -0.3 is 19.3 Å². The Labute approximate surface area is 182 Å². The minimum absolute atomic E-state index is 0.184. The predicted octanol–water partition coefficient (Wildman–Crippen LogP) is 5.46. The van der Waals surface area contributed by atoms with Crippen LogP contribution in [-0.4, -0.2) is 36.9 Å². The normalized spacial score (nSPS) is 10.5.